The molecule has 0 amide bonds. The summed E-state index contributed by atoms with van der Waals surface area (Å²) in [7, 11) is 1.32. The van der Waals surface area contributed by atoms with Gasteiger partial charge in [0.25, 0.3) is 0 Å². The van der Waals surface area contributed by atoms with Gasteiger partial charge in [0.05, 0.1) is 7.11 Å². The minimum absolute atomic E-state index is 0.0825. The summed E-state index contributed by atoms with van der Waals surface area (Å²) in [6, 6.07) is 0. The topological polar surface area (TPSA) is 35.5 Å². The van der Waals surface area contributed by atoms with E-state index in [2.05, 4.69) is 20.7 Å². The Labute approximate surface area is 101 Å². The number of alkyl halides is 1. The van der Waals surface area contributed by atoms with E-state index >= 15 is 0 Å². The van der Waals surface area contributed by atoms with Crippen molar-refractivity contribution < 1.29 is 18.7 Å². The van der Waals surface area contributed by atoms with Crippen LogP contribution < -0.4 is 0 Å². The summed E-state index contributed by atoms with van der Waals surface area (Å²) >= 11 is 3.30. The number of hydrogen-bond donors (Lipinski definition) is 0. The van der Waals surface area contributed by atoms with E-state index in [1.54, 1.807) is 6.08 Å². The second-order valence-electron chi connectivity index (χ2n) is 3.97. The second-order valence-corrected chi connectivity index (χ2v) is 5.14. The van der Waals surface area contributed by atoms with Crippen LogP contribution in [0.25, 0.3) is 0 Å². The summed E-state index contributed by atoms with van der Waals surface area (Å²) in [5.41, 5.74) is -0.874. The monoisotopic (exact) mass is 290 g/mol. The molecule has 0 aromatic carbocycles. The smallest absolute Gasteiger partial charge is 0.350 e. The molecule has 0 aromatic rings. The van der Waals surface area contributed by atoms with Gasteiger partial charge >= 0.3 is 5.97 Å². The molecule has 1 unspecified atom stereocenters. The highest BCUT2D eigenvalue weighted by Gasteiger charge is 2.54. The molecule has 1 fully saturated rings. The highest BCUT2D eigenvalue weighted by atomic mass is 79.9. The second kappa shape index (κ2) is 4.20. The van der Waals surface area contributed by atoms with Crippen LogP contribution >= 0.6 is 15.9 Å². The zero-order valence-electron chi connectivity index (χ0n) is 8.83. The van der Waals surface area contributed by atoms with Gasteiger partial charge in [-0.15, -0.1) is 0 Å². The Balaban J connectivity index is 2.08. The fourth-order valence-corrected chi connectivity index (χ4v) is 2.19. The molecule has 5 heteroatoms. The van der Waals surface area contributed by atoms with E-state index in [-0.39, 0.29) is 16.6 Å². The Morgan fingerprint density at radius 1 is 1.62 bits per heavy atom. The Bertz CT molecular complexity index is 371. The van der Waals surface area contributed by atoms with Gasteiger partial charge in [0.15, 0.2) is 0 Å². The minimum Gasteiger partial charge on any atom is -0.476 e. The number of allylic oxidation sites excluding steroid dienone is 3. The number of carbonyl (C=O) groups excluding carboxylic acids is 1. The molecule has 2 aliphatic rings. The lowest BCUT2D eigenvalue weighted by atomic mass is 10.1. The number of methoxy groups -OCH3 is 1. The van der Waals surface area contributed by atoms with Gasteiger partial charge in [-0.1, -0.05) is 15.9 Å². The first-order valence-electron chi connectivity index (χ1n) is 5.05. The molecule has 0 spiro atoms. The SMILES string of the molecule is COC(=O)C1(OC2=CC(Br)CC(F)=C2)CC1. The first-order chi connectivity index (χ1) is 7.55. The third-order valence-electron chi connectivity index (χ3n) is 2.61. The fourth-order valence-electron chi connectivity index (χ4n) is 1.62. The summed E-state index contributed by atoms with van der Waals surface area (Å²) in [6.07, 6.45) is 4.64. The number of esters is 1. The zero-order valence-corrected chi connectivity index (χ0v) is 10.4. The van der Waals surface area contributed by atoms with Gasteiger partial charge in [0.1, 0.15) is 11.6 Å². The molecule has 0 radical (unpaired) electrons. The van der Waals surface area contributed by atoms with Crippen molar-refractivity contribution in [3.8, 4) is 0 Å². The van der Waals surface area contributed by atoms with Crippen LogP contribution in [0.2, 0.25) is 0 Å². The molecular formula is C11H12BrFO3. The van der Waals surface area contributed by atoms with Gasteiger partial charge in [0, 0.05) is 30.2 Å². The van der Waals surface area contributed by atoms with Crippen LogP contribution in [0, 0.1) is 0 Å². The van der Waals surface area contributed by atoms with Crippen molar-refractivity contribution in [1.82, 2.24) is 0 Å². The Morgan fingerprint density at radius 3 is 2.81 bits per heavy atom. The largest absolute Gasteiger partial charge is 0.476 e. The van der Waals surface area contributed by atoms with Crippen molar-refractivity contribution in [2.75, 3.05) is 7.11 Å². The van der Waals surface area contributed by atoms with Gasteiger partial charge < -0.3 is 9.47 Å². The molecule has 2 aliphatic carbocycles. The molecule has 1 atom stereocenters. The molecule has 0 bridgehead atoms. The van der Waals surface area contributed by atoms with Gasteiger partial charge in [-0.2, -0.15) is 0 Å². The van der Waals surface area contributed by atoms with Crippen LogP contribution in [0.4, 0.5) is 4.39 Å². The maximum absolute atomic E-state index is 13.2. The van der Waals surface area contributed by atoms with Crippen LogP contribution in [0.5, 0.6) is 0 Å². The van der Waals surface area contributed by atoms with Crippen LogP contribution in [-0.4, -0.2) is 23.5 Å². The van der Waals surface area contributed by atoms with Crippen LogP contribution in [-0.2, 0) is 14.3 Å². The van der Waals surface area contributed by atoms with Crippen molar-refractivity contribution in [1.29, 1.82) is 0 Å². The number of halogens is 2. The van der Waals surface area contributed by atoms with Gasteiger partial charge in [-0.3, -0.25) is 0 Å². The van der Waals surface area contributed by atoms with Crippen molar-refractivity contribution in [2.45, 2.75) is 29.7 Å². The zero-order chi connectivity index (χ0) is 11.8. The molecular weight excluding hydrogens is 279 g/mol. The lowest BCUT2D eigenvalue weighted by Crippen LogP contribution is -2.27. The molecule has 88 valence electrons. The molecule has 0 aliphatic heterocycles. The minimum atomic E-state index is -0.874. The quantitative estimate of drug-likeness (QED) is 0.592. The third-order valence-corrected chi connectivity index (χ3v) is 3.20. The summed E-state index contributed by atoms with van der Waals surface area (Å²) in [5.74, 6) is -0.243. The predicted molar refractivity (Wildman–Crippen MR) is 59.7 cm³/mol. The normalized spacial score (nSPS) is 26.6. The molecule has 0 saturated heterocycles. The van der Waals surface area contributed by atoms with E-state index in [9.17, 15) is 9.18 Å². The van der Waals surface area contributed by atoms with E-state index in [1.165, 1.54) is 13.2 Å². The van der Waals surface area contributed by atoms with Crippen LogP contribution in [0.3, 0.4) is 0 Å². The molecule has 3 nitrogen and oxygen atoms in total. The van der Waals surface area contributed by atoms with Crippen molar-refractivity contribution in [3.63, 3.8) is 0 Å². The maximum atomic E-state index is 13.2. The predicted octanol–water partition coefficient (Wildman–Crippen LogP) is 2.61. The van der Waals surface area contributed by atoms with E-state index in [1.807, 2.05) is 0 Å². The number of carbonyl (C=O) groups is 1. The van der Waals surface area contributed by atoms with Crippen molar-refractivity contribution in [3.05, 3.63) is 23.7 Å². The molecule has 16 heavy (non-hydrogen) atoms. The van der Waals surface area contributed by atoms with Crippen molar-refractivity contribution in [2.24, 2.45) is 0 Å². The first-order valence-corrected chi connectivity index (χ1v) is 5.97. The van der Waals surface area contributed by atoms with E-state index < -0.39 is 5.60 Å². The molecule has 0 aromatic heterocycles. The van der Waals surface area contributed by atoms with Crippen LogP contribution in [0.1, 0.15) is 19.3 Å². The van der Waals surface area contributed by atoms with Crippen molar-refractivity contribution >= 4 is 21.9 Å². The maximum Gasteiger partial charge on any atom is 0.350 e. The summed E-state index contributed by atoms with van der Waals surface area (Å²) < 4.78 is 23.3. The number of hydrogen-bond acceptors (Lipinski definition) is 3. The van der Waals surface area contributed by atoms with E-state index in [0.29, 0.717) is 25.0 Å². The van der Waals surface area contributed by atoms with Gasteiger partial charge in [-0.25, -0.2) is 9.18 Å². The third kappa shape index (κ3) is 2.29. The Hall–Kier alpha value is -0.840. The molecule has 2 rings (SSSR count). The average molecular weight is 291 g/mol. The lowest BCUT2D eigenvalue weighted by Gasteiger charge is -2.19. The molecule has 0 heterocycles. The standard InChI is InChI=1S/C11H12BrFO3/c1-15-10(14)11(2-3-11)16-9-5-7(12)4-8(13)6-9/h5-7H,2-4H2,1H3. The van der Waals surface area contributed by atoms with E-state index in [0.717, 1.165) is 0 Å². The first kappa shape index (κ1) is 11.6. The number of ether oxygens (including phenoxy) is 2. The average Bonchev–Trinajstić information content (AvgIpc) is 2.96. The van der Waals surface area contributed by atoms with Crippen LogP contribution in [0.15, 0.2) is 23.7 Å². The highest BCUT2D eigenvalue weighted by Crippen LogP contribution is 2.43. The Kier molecular flexibility index (Phi) is 3.06. The highest BCUT2D eigenvalue weighted by molar-refractivity contribution is 9.09. The van der Waals surface area contributed by atoms with E-state index in [4.69, 9.17) is 4.74 Å². The van der Waals surface area contributed by atoms with Gasteiger partial charge in [-0.05, 0) is 6.08 Å². The number of rotatable bonds is 3. The molecule has 0 N–H and O–H groups in total. The Morgan fingerprint density at radius 2 is 2.31 bits per heavy atom. The van der Waals surface area contributed by atoms with Gasteiger partial charge in [0.2, 0.25) is 5.60 Å². The summed E-state index contributed by atoms with van der Waals surface area (Å²) in [6.45, 7) is 0. The lowest BCUT2D eigenvalue weighted by molar-refractivity contribution is -0.154. The summed E-state index contributed by atoms with van der Waals surface area (Å²) in [4.78, 5) is 11.3. The fraction of sp³-hybridized carbons (Fsp3) is 0.545. The molecule has 1 saturated carbocycles. The summed E-state index contributed by atoms with van der Waals surface area (Å²) in [5, 5.41) is 0.